The normalized spacial score (nSPS) is 28.7. The molecule has 4 unspecified atom stereocenters. The van der Waals surface area contributed by atoms with Crippen LogP contribution in [0, 0.1) is 11.8 Å². The minimum Gasteiger partial charge on any atom is -0.391 e. The van der Waals surface area contributed by atoms with Crippen molar-refractivity contribution in [2.75, 3.05) is 5.75 Å². The Labute approximate surface area is 97.0 Å². The van der Waals surface area contributed by atoms with Crippen LogP contribution in [0.5, 0.6) is 0 Å². The van der Waals surface area contributed by atoms with Crippen molar-refractivity contribution < 1.29 is 5.11 Å². The standard InChI is InChI=1S/C13H20OS/c1-4-10-8-7-9-11(10)13(14)12(5-2)15-6-3/h4-5,7,9-14H,1-2,6,8H2,3H3. The van der Waals surface area contributed by atoms with Gasteiger partial charge in [-0.25, -0.2) is 0 Å². The molecule has 1 rings (SSSR count). The van der Waals surface area contributed by atoms with Gasteiger partial charge in [0.1, 0.15) is 0 Å². The topological polar surface area (TPSA) is 20.2 Å². The molecule has 0 spiro atoms. The molecule has 1 aliphatic carbocycles. The number of allylic oxidation sites excluding steroid dienone is 2. The first-order valence-electron chi connectivity index (χ1n) is 5.46. The SMILES string of the molecule is C=CC1CC=CC1C(O)C(C=C)SCC. The zero-order valence-corrected chi connectivity index (χ0v) is 10.1. The first kappa shape index (κ1) is 12.6. The summed E-state index contributed by atoms with van der Waals surface area (Å²) < 4.78 is 0. The molecular formula is C13H20OS. The van der Waals surface area contributed by atoms with Gasteiger partial charge in [0.25, 0.3) is 0 Å². The van der Waals surface area contributed by atoms with Crippen molar-refractivity contribution in [2.45, 2.75) is 24.7 Å². The monoisotopic (exact) mass is 224 g/mol. The summed E-state index contributed by atoms with van der Waals surface area (Å²) in [5.74, 6) is 1.60. The highest BCUT2D eigenvalue weighted by Crippen LogP contribution is 2.33. The molecule has 1 aliphatic rings. The molecule has 84 valence electrons. The van der Waals surface area contributed by atoms with E-state index in [0.29, 0.717) is 5.92 Å². The van der Waals surface area contributed by atoms with Crippen LogP contribution >= 0.6 is 11.8 Å². The van der Waals surface area contributed by atoms with Gasteiger partial charge in [0, 0.05) is 11.2 Å². The molecule has 1 nitrogen and oxygen atoms in total. The predicted octanol–water partition coefficient (Wildman–Crippen LogP) is 3.03. The van der Waals surface area contributed by atoms with E-state index in [1.165, 1.54) is 0 Å². The lowest BCUT2D eigenvalue weighted by Gasteiger charge is -2.27. The molecule has 0 saturated heterocycles. The lowest BCUT2D eigenvalue weighted by atomic mass is 9.89. The van der Waals surface area contributed by atoms with Crippen LogP contribution in [0.15, 0.2) is 37.5 Å². The van der Waals surface area contributed by atoms with Crippen molar-refractivity contribution in [3.63, 3.8) is 0 Å². The second-order valence-electron chi connectivity index (χ2n) is 3.79. The average Bonchev–Trinajstić information content (AvgIpc) is 2.72. The Balaban J connectivity index is 2.64. The number of aliphatic hydroxyl groups is 1. The fourth-order valence-electron chi connectivity index (χ4n) is 2.03. The van der Waals surface area contributed by atoms with Crippen LogP contribution in [-0.2, 0) is 0 Å². The van der Waals surface area contributed by atoms with E-state index in [0.717, 1.165) is 12.2 Å². The molecule has 0 fully saturated rings. The van der Waals surface area contributed by atoms with Crippen LogP contribution in [0.3, 0.4) is 0 Å². The van der Waals surface area contributed by atoms with Gasteiger partial charge >= 0.3 is 0 Å². The molecular weight excluding hydrogens is 204 g/mol. The van der Waals surface area contributed by atoms with Crippen molar-refractivity contribution in [3.8, 4) is 0 Å². The molecule has 0 bridgehead atoms. The smallest absolute Gasteiger partial charge is 0.0761 e. The molecule has 1 N–H and O–H groups in total. The minimum absolute atomic E-state index is 0.130. The van der Waals surface area contributed by atoms with Gasteiger partial charge in [-0.1, -0.05) is 31.2 Å². The zero-order valence-electron chi connectivity index (χ0n) is 9.30. The lowest BCUT2D eigenvalue weighted by Crippen LogP contribution is -2.31. The molecule has 0 aliphatic heterocycles. The molecule has 0 aromatic heterocycles. The third-order valence-corrected chi connectivity index (χ3v) is 4.08. The number of hydrogen-bond acceptors (Lipinski definition) is 2. The highest BCUT2D eigenvalue weighted by molar-refractivity contribution is 8.00. The fraction of sp³-hybridized carbons (Fsp3) is 0.538. The maximum absolute atomic E-state index is 10.3. The number of rotatable bonds is 6. The van der Waals surface area contributed by atoms with Gasteiger partial charge in [-0.2, -0.15) is 11.8 Å². The third kappa shape index (κ3) is 2.99. The van der Waals surface area contributed by atoms with Gasteiger partial charge < -0.3 is 5.11 Å². The maximum Gasteiger partial charge on any atom is 0.0761 e. The van der Waals surface area contributed by atoms with E-state index in [-0.39, 0.29) is 17.3 Å². The van der Waals surface area contributed by atoms with Crippen LogP contribution in [-0.4, -0.2) is 22.2 Å². The largest absolute Gasteiger partial charge is 0.391 e. The Morgan fingerprint density at radius 1 is 1.60 bits per heavy atom. The van der Waals surface area contributed by atoms with Gasteiger partial charge in [-0.15, -0.1) is 13.2 Å². The van der Waals surface area contributed by atoms with E-state index < -0.39 is 0 Å². The van der Waals surface area contributed by atoms with Crippen LogP contribution in [0.4, 0.5) is 0 Å². The highest BCUT2D eigenvalue weighted by atomic mass is 32.2. The first-order valence-corrected chi connectivity index (χ1v) is 6.50. The van der Waals surface area contributed by atoms with Crippen molar-refractivity contribution in [1.29, 1.82) is 0 Å². The Morgan fingerprint density at radius 2 is 2.33 bits per heavy atom. The Kier molecular flexibility index (Phi) is 5.20. The Morgan fingerprint density at radius 3 is 2.87 bits per heavy atom. The molecule has 0 radical (unpaired) electrons. The second-order valence-corrected chi connectivity index (χ2v) is 5.24. The summed E-state index contributed by atoms with van der Waals surface area (Å²) in [4.78, 5) is 0. The van der Waals surface area contributed by atoms with Crippen LogP contribution in [0.25, 0.3) is 0 Å². The van der Waals surface area contributed by atoms with Gasteiger partial charge in [0.2, 0.25) is 0 Å². The molecule has 0 heterocycles. The number of aliphatic hydroxyl groups excluding tert-OH is 1. The molecule has 2 heteroatoms. The van der Waals surface area contributed by atoms with Crippen LogP contribution in [0.1, 0.15) is 13.3 Å². The summed E-state index contributed by atoms with van der Waals surface area (Å²) in [6.07, 6.45) is 8.72. The summed E-state index contributed by atoms with van der Waals surface area (Å²) in [5.41, 5.74) is 0. The number of hydrogen-bond donors (Lipinski definition) is 1. The molecule has 0 aromatic rings. The maximum atomic E-state index is 10.3. The molecule has 4 atom stereocenters. The Bertz CT molecular complexity index is 247. The zero-order chi connectivity index (χ0) is 11.3. The quantitative estimate of drug-likeness (QED) is 0.700. The summed E-state index contributed by atoms with van der Waals surface area (Å²) in [6.45, 7) is 9.72. The van der Waals surface area contributed by atoms with Gasteiger partial charge in [0.05, 0.1) is 6.10 Å². The fourth-order valence-corrected chi connectivity index (χ4v) is 2.93. The summed E-state index contributed by atoms with van der Waals surface area (Å²) >= 11 is 1.75. The second kappa shape index (κ2) is 6.19. The molecule has 0 amide bonds. The van der Waals surface area contributed by atoms with E-state index in [1.54, 1.807) is 11.8 Å². The first-order chi connectivity index (χ1) is 7.24. The van der Waals surface area contributed by atoms with E-state index in [4.69, 9.17) is 0 Å². The van der Waals surface area contributed by atoms with E-state index in [1.807, 2.05) is 12.2 Å². The molecule has 0 saturated carbocycles. The van der Waals surface area contributed by atoms with E-state index in [9.17, 15) is 5.11 Å². The molecule has 0 aromatic carbocycles. The van der Waals surface area contributed by atoms with Crippen molar-refractivity contribution in [1.82, 2.24) is 0 Å². The summed E-state index contributed by atoms with van der Waals surface area (Å²) in [6, 6.07) is 0. The van der Waals surface area contributed by atoms with Crippen LogP contribution < -0.4 is 0 Å². The van der Waals surface area contributed by atoms with Crippen molar-refractivity contribution in [2.24, 2.45) is 11.8 Å². The average molecular weight is 224 g/mol. The summed E-state index contributed by atoms with van der Waals surface area (Å²) in [5, 5.41) is 10.4. The lowest BCUT2D eigenvalue weighted by molar-refractivity contribution is 0.122. The highest BCUT2D eigenvalue weighted by Gasteiger charge is 2.31. The predicted molar refractivity (Wildman–Crippen MR) is 69.1 cm³/mol. The van der Waals surface area contributed by atoms with Gasteiger partial charge in [-0.3, -0.25) is 0 Å². The van der Waals surface area contributed by atoms with Gasteiger partial charge in [-0.05, 0) is 18.1 Å². The van der Waals surface area contributed by atoms with Crippen molar-refractivity contribution in [3.05, 3.63) is 37.5 Å². The summed E-state index contributed by atoms with van der Waals surface area (Å²) in [7, 11) is 0. The number of thioether (sulfide) groups is 1. The van der Waals surface area contributed by atoms with Crippen LogP contribution in [0.2, 0.25) is 0 Å². The van der Waals surface area contributed by atoms with Gasteiger partial charge in [0.15, 0.2) is 0 Å². The Hall–Kier alpha value is -0.470. The van der Waals surface area contributed by atoms with E-state index >= 15 is 0 Å². The third-order valence-electron chi connectivity index (χ3n) is 2.89. The molecule has 15 heavy (non-hydrogen) atoms. The van der Waals surface area contributed by atoms with E-state index in [2.05, 4.69) is 32.2 Å². The minimum atomic E-state index is -0.339. The van der Waals surface area contributed by atoms with Crippen molar-refractivity contribution >= 4 is 11.8 Å².